The van der Waals surface area contributed by atoms with Crippen LogP contribution in [0.5, 0.6) is 0 Å². The highest BCUT2D eigenvalue weighted by atomic mass is 16.2. The number of rotatable bonds is 2. The number of carbonyl (C=O) groups excluding carboxylic acids is 4. The molecule has 1 saturated carbocycles. The van der Waals surface area contributed by atoms with E-state index >= 15 is 0 Å². The topological polar surface area (TPSA) is 83.5 Å². The van der Waals surface area contributed by atoms with Crippen LogP contribution in [0.3, 0.4) is 0 Å². The number of hydrogen-bond donors (Lipinski definition) is 1. The number of carbonyl (C=O) groups is 4. The van der Waals surface area contributed by atoms with Crippen molar-refractivity contribution >= 4 is 29.2 Å². The molecule has 2 aliphatic heterocycles. The summed E-state index contributed by atoms with van der Waals surface area (Å²) < 4.78 is 0. The van der Waals surface area contributed by atoms with Gasteiger partial charge in [0, 0.05) is 24.3 Å². The fourth-order valence-corrected chi connectivity index (χ4v) is 3.36. The van der Waals surface area contributed by atoms with Crippen LogP contribution >= 0.6 is 0 Å². The summed E-state index contributed by atoms with van der Waals surface area (Å²) in [6.07, 6.45) is 9.55. The summed E-state index contributed by atoms with van der Waals surface area (Å²) in [5, 5.41) is 2.19. The van der Waals surface area contributed by atoms with Gasteiger partial charge >= 0.3 is 0 Å². The predicted octanol–water partition coefficient (Wildman–Crippen LogP) is 1.97. The summed E-state index contributed by atoms with van der Waals surface area (Å²) >= 11 is 0. The van der Waals surface area contributed by atoms with E-state index in [0.717, 1.165) is 31.2 Å². The first-order valence-electron chi connectivity index (χ1n) is 8.74. The summed E-state index contributed by atoms with van der Waals surface area (Å²) in [5.41, 5.74) is 1.21. The highest BCUT2D eigenvalue weighted by Crippen LogP contribution is 2.24. The van der Waals surface area contributed by atoms with Gasteiger partial charge < -0.3 is 0 Å². The Bertz CT molecular complexity index is 771. The zero-order valence-electron chi connectivity index (χ0n) is 14.3. The third-order valence-corrected chi connectivity index (χ3v) is 4.62. The Kier molecular flexibility index (Phi) is 5.41. The first kappa shape index (κ1) is 17.8. The van der Waals surface area contributed by atoms with Gasteiger partial charge in [0.05, 0.1) is 5.57 Å². The van der Waals surface area contributed by atoms with Crippen molar-refractivity contribution in [2.45, 2.75) is 38.1 Å². The van der Waals surface area contributed by atoms with Crippen LogP contribution in [0.1, 0.15) is 37.7 Å². The molecule has 1 aromatic rings. The Morgan fingerprint density at radius 1 is 0.846 bits per heavy atom. The number of benzene rings is 1. The Balaban J connectivity index is 0.000000151. The van der Waals surface area contributed by atoms with Gasteiger partial charge in [-0.05, 0) is 18.4 Å². The molecule has 0 spiro atoms. The van der Waals surface area contributed by atoms with E-state index in [4.69, 9.17) is 0 Å². The fourth-order valence-electron chi connectivity index (χ4n) is 3.36. The van der Waals surface area contributed by atoms with Crippen LogP contribution in [0, 0.1) is 0 Å². The van der Waals surface area contributed by atoms with Crippen LogP contribution in [-0.4, -0.2) is 34.6 Å². The molecule has 2 heterocycles. The Morgan fingerprint density at radius 3 is 2.00 bits per heavy atom. The van der Waals surface area contributed by atoms with E-state index in [2.05, 4.69) is 5.32 Å². The average Bonchev–Trinajstić information content (AvgIpc) is 3.17. The minimum Gasteiger partial charge on any atom is -0.289 e. The van der Waals surface area contributed by atoms with Gasteiger partial charge in [-0.2, -0.15) is 0 Å². The highest BCUT2D eigenvalue weighted by Gasteiger charge is 2.31. The molecule has 4 amide bonds. The number of amides is 4. The smallest absolute Gasteiger partial charge is 0.258 e. The molecule has 0 unspecified atom stereocenters. The molecule has 0 saturated heterocycles. The molecule has 6 nitrogen and oxygen atoms in total. The molecular weight excluding hydrogens is 332 g/mol. The lowest BCUT2D eigenvalue weighted by molar-refractivity contribution is -0.140. The SMILES string of the molecule is O=C1C=C(c2ccccc2)C(=O)N1.O=C1C=CC(=O)N1C1CCCCC1. The van der Waals surface area contributed by atoms with Gasteiger partial charge in [-0.1, -0.05) is 49.6 Å². The van der Waals surface area contributed by atoms with Crippen LogP contribution < -0.4 is 5.32 Å². The second-order valence-corrected chi connectivity index (χ2v) is 6.41. The van der Waals surface area contributed by atoms with E-state index in [1.807, 2.05) is 18.2 Å². The minimum absolute atomic E-state index is 0.128. The number of nitrogens with one attached hydrogen (secondary N) is 1. The van der Waals surface area contributed by atoms with Crippen molar-refractivity contribution < 1.29 is 19.2 Å². The van der Waals surface area contributed by atoms with Crippen molar-refractivity contribution in [2.75, 3.05) is 0 Å². The molecule has 0 aromatic heterocycles. The van der Waals surface area contributed by atoms with E-state index in [-0.39, 0.29) is 29.7 Å². The van der Waals surface area contributed by atoms with E-state index in [1.165, 1.54) is 29.5 Å². The molecule has 0 radical (unpaired) electrons. The maximum absolute atomic E-state index is 11.3. The standard InChI is InChI=1S/C10H13NO2.C10H7NO2/c12-9-6-7-10(13)11(9)8-4-2-1-3-5-8;12-9-6-8(10(13)11-9)7-4-2-1-3-5-7/h6-8H,1-5H2;1-6H,(H,11,12,13). The Morgan fingerprint density at radius 2 is 1.46 bits per heavy atom. The summed E-state index contributed by atoms with van der Waals surface area (Å²) in [4.78, 5) is 46.0. The second kappa shape index (κ2) is 7.91. The summed E-state index contributed by atoms with van der Waals surface area (Å²) in [6.45, 7) is 0. The molecule has 26 heavy (non-hydrogen) atoms. The van der Waals surface area contributed by atoms with Crippen molar-refractivity contribution in [2.24, 2.45) is 0 Å². The van der Waals surface area contributed by atoms with E-state index in [1.54, 1.807) is 12.1 Å². The van der Waals surface area contributed by atoms with Crippen LogP contribution in [0.4, 0.5) is 0 Å². The first-order valence-corrected chi connectivity index (χ1v) is 8.74. The maximum atomic E-state index is 11.3. The van der Waals surface area contributed by atoms with Gasteiger partial charge in [-0.3, -0.25) is 29.4 Å². The van der Waals surface area contributed by atoms with Crippen molar-refractivity contribution in [3.8, 4) is 0 Å². The molecule has 0 atom stereocenters. The highest BCUT2D eigenvalue weighted by molar-refractivity contribution is 6.33. The molecule has 134 valence electrons. The van der Waals surface area contributed by atoms with Crippen molar-refractivity contribution in [3.63, 3.8) is 0 Å². The van der Waals surface area contributed by atoms with Crippen LogP contribution in [0.2, 0.25) is 0 Å². The Labute approximate surface area is 151 Å². The third-order valence-electron chi connectivity index (χ3n) is 4.62. The van der Waals surface area contributed by atoms with Gasteiger partial charge in [0.2, 0.25) is 0 Å². The molecule has 1 aromatic carbocycles. The molecule has 6 heteroatoms. The summed E-state index contributed by atoms with van der Waals surface area (Å²) in [6, 6.07) is 9.27. The van der Waals surface area contributed by atoms with Crippen LogP contribution in [0.15, 0.2) is 48.6 Å². The number of nitrogens with zero attached hydrogens (tertiary/aromatic N) is 1. The molecule has 1 aliphatic carbocycles. The Hall–Kier alpha value is -3.02. The molecule has 1 fully saturated rings. The lowest BCUT2D eigenvalue weighted by atomic mass is 9.94. The van der Waals surface area contributed by atoms with E-state index in [9.17, 15) is 19.2 Å². The second-order valence-electron chi connectivity index (χ2n) is 6.41. The van der Waals surface area contributed by atoms with Crippen molar-refractivity contribution in [1.82, 2.24) is 10.2 Å². The van der Waals surface area contributed by atoms with Crippen molar-refractivity contribution in [1.29, 1.82) is 0 Å². The minimum atomic E-state index is -0.344. The van der Waals surface area contributed by atoms with Gasteiger partial charge in [0.25, 0.3) is 23.6 Å². The molecule has 3 aliphatic rings. The van der Waals surface area contributed by atoms with E-state index < -0.39 is 0 Å². The van der Waals surface area contributed by atoms with Gasteiger partial charge in [-0.25, -0.2) is 0 Å². The van der Waals surface area contributed by atoms with E-state index in [0.29, 0.717) is 5.57 Å². The van der Waals surface area contributed by atoms with Crippen molar-refractivity contribution in [3.05, 3.63) is 54.1 Å². The molecule has 4 rings (SSSR count). The van der Waals surface area contributed by atoms with Crippen LogP contribution in [-0.2, 0) is 19.2 Å². The van der Waals surface area contributed by atoms with Gasteiger partial charge in [0.1, 0.15) is 0 Å². The first-order chi connectivity index (χ1) is 12.6. The largest absolute Gasteiger partial charge is 0.289 e. The van der Waals surface area contributed by atoms with Gasteiger partial charge in [0.15, 0.2) is 0 Å². The zero-order valence-corrected chi connectivity index (χ0v) is 14.3. The summed E-state index contributed by atoms with van der Waals surface area (Å²) in [5.74, 6) is -0.922. The molecule has 0 bridgehead atoms. The average molecular weight is 352 g/mol. The third kappa shape index (κ3) is 3.96. The normalized spacial score (nSPS) is 20.0. The number of imide groups is 2. The van der Waals surface area contributed by atoms with Gasteiger partial charge in [-0.15, -0.1) is 0 Å². The molecular formula is C20H20N2O4. The zero-order chi connectivity index (χ0) is 18.5. The molecule has 1 N–H and O–H groups in total. The predicted molar refractivity (Wildman–Crippen MR) is 95.4 cm³/mol. The maximum Gasteiger partial charge on any atom is 0.258 e. The summed E-state index contributed by atoms with van der Waals surface area (Å²) in [7, 11) is 0. The lowest BCUT2D eigenvalue weighted by Gasteiger charge is -2.29. The quantitative estimate of drug-likeness (QED) is 0.825. The van der Waals surface area contributed by atoms with Crippen LogP contribution in [0.25, 0.3) is 5.57 Å². The monoisotopic (exact) mass is 352 g/mol. The number of hydrogen-bond acceptors (Lipinski definition) is 4. The fraction of sp³-hybridized carbons (Fsp3) is 0.300. The lowest BCUT2D eigenvalue weighted by Crippen LogP contribution is -2.41.